The highest BCUT2D eigenvalue weighted by Gasteiger charge is 2.18. The van der Waals surface area contributed by atoms with Crippen LogP contribution >= 0.6 is 0 Å². The first kappa shape index (κ1) is 20.1. The quantitative estimate of drug-likeness (QED) is 0.812. The maximum atomic E-state index is 12.0. The number of carbonyl (C=O) groups is 2. The molecule has 28 heavy (non-hydrogen) atoms. The molecular weight excluding hydrogens is 352 g/mol. The van der Waals surface area contributed by atoms with E-state index in [4.69, 9.17) is 0 Å². The fourth-order valence-corrected chi connectivity index (χ4v) is 3.70. The Morgan fingerprint density at radius 2 is 1.75 bits per heavy atom. The molecule has 3 rings (SSSR count). The van der Waals surface area contributed by atoms with Gasteiger partial charge in [-0.05, 0) is 69.2 Å². The second kappa shape index (κ2) is 9.53. The summed E-state index contributed by atoms with van der Waals surface area (Å²) < 4.78 is 0. The van der Waals surface area contributed by atoms with Gasteiger partial charge in [0.25, 0.3) is 0 Å². The molecule has 0 spiro atoms. The minimum Gasteiger partial charge on any atom is -0.325 e. The van der Waals surface area contributed by atoms with Crippen LogP contribution in [0.1, 0.15) is 68.7 Å². The largest absolute Gasteiger partial charge is 0.325 e. The number of aryl methyl sites for hydroxylation is 1. The number of hydrogen-bond donors (Lipinski definition) is 1. The van der Waals surface area contributed by atoms with Crippen molar-refractivity contribution in [3.8, 4) is 11.4 Å². The minimum absolute atomic E-state index is 0.101. The van der Waals surface area contributed by atoms with Gasteiger partial charge in [-0.25, -0.2) is 0 Å². The number of fused-ring (bicyclic) bond motifs is 1. The molecule has 1 aliphatic carbocycles. The van der Waals surface area contributed by atoms with Crippen LogP contribution in [0.15, 0.2) is 18.3 Å². The van der Waals surface area contributed by atoms with Gasteiger partial charge >= 0.3 is 0 Å². The highest BCUT2D eigenvalue weighted by atomic mass is 16.1. The van der Waals surface area contributed by atoms with Crippen LogP contribution in [-0.2, 0) is 22.4 Å². The first-order valence-electron chi connectivity index (χ1n) is 10.2. The molecule has 148 valence electrons. The van der Waals surface area contributed by atoms with Crippen LogP contribution in [0.5, 0.6) is 0 Å². The molecule has 1 N–H and O–H groups in total. The third kappa shape index (κ3) is 5.21. The molecule has 0 saturated heterocycles. The van der Waals surface area contributed by atoms with Crippen molar-refractivity contribution in [1.29, 1.82) is 0 Å². The second-order valence-electron chi connectivity index (χ2n) is 7.54. The molecule has 1 amide bonds. The predicted octanol–water partition coefficient (Wildman–Crippen LogP) is 4.20. The lowest BCUT2D eigenvalue weighted by atomic mass is 9.91. The van der Waals surface area contributed by atoms with Gasteiger partial charge in [-0.2, -0.15) is 5.10 Å². The van der Waals surface area contributed by atoms with E-state index in [0.717, 1.165) is 29.9 Å². The van der Waals surface area contributed by atoms with Gasteiger partial charge in [-0.15, -0.1) is 5.10 Å². The van der Waals surface area contributed by atoms with E-state index in [1.165, 1.54) is 43.7 Å². The number of nitrogens with one attached hydrogen (secondary N) is 1. The molecule has 2 heterocycles. The van der Waals surface area contributed by atoms with E-state index in [1.807, 2.05) is 19.1 Å². The standard InChI is InChI=1S/C22H28N4O2/c1-15(27)8-7-11-21(28)24-17-12-13-20(23-14-17)22-19-10-6-4-3-5-9-18(19)16(2)25-26-22/h12-14H,3-11H2,1-2H3,(H,24,28). The zero-order valence-corrected chi connectivity index (χ0v) is 16.8. The minimum atomic E-state index is -0.101. The Morgan fingerprint density at radius 1 is 1.00 bits per heavy atom. The molecule has 6 heteroatoms. The van der Waals surface area contributed by atoms with Crippen LogP contribution in [0.4, 0.5) is 5.69 Å². The number of Topliss-reactive ketones (excluding diaryl/α,β-unsaturated/α-hetero) is 1. The SMILES string of the molecule is CC(=O)CCCC(=O)Nc1ccc(-c2nnc(C)c3c2CCCCCC3)nc1. The van der Waals surface area contributed by atoms with E-state index >= 15 is 0 Å². The van der Waals surface area contributed by atoms with Gasteiger partial charge in [0.2, 0.25) is 5.91 Å². The van der Waals surface area contributed by atoms with Crippen molar-refractivity contribution in [1.82, 2.24) is 15.2 Å². The Labute approximate surface area is 166 Å². The molecule has 0 atom stereocenters. The zero-order valence-electron chi connectivity index (χ0n) is 16.8. The third-order valence-electron chi connectivity index (χ3n) is 5.21. The molecule has 1 aliphatic rings. The summed E-state index contributed by atoms with van der Waals surface area (Å²) in [6, 6.07) is 3.74. The molecule has 0 aliphatic heterocycles. The normalized spacial score (nSPS) is 13.9. The Bertz CT molecular complexity index is 846. The van der Waals surface area contributed by atoms with Crippen molar-refractivity contribution in [2.75, 3.05) is 5.32 Å². The molecule has 2 aromatic rings. The summed E-state index contributed by atoms with van der Waals surface area (Å²) >= 11 is 0. The van der Waals surface area contributed by atoms with Crippen LogP contribution in [0.3, 0.4) is 0 Å². The summed E-state index contributed by atoms with van der Waals surface area (Å²) in [6.45, 7) is 3.58. The van der Waals surface area contributed by atoms with Crippen molar-refractivity contribution in [2.45, 2.75) is 71.6 Å². The molecule has 0 radical (unpaired) electrons. The Morgan fingerprint density at radius 3 is 2.43 bits per heavy atom. The Balaban J connectivity index is 1.74. The summed E-state index contributed by atoms with van der Waals surface area (Å²) in [6.07, 6.45) is 9.95. The van der Waals surface area contributed by atoms with Gasteiger partial charge in [0.1, 0.15) is 11.5 Å². The fraction of sp³-hybridized carbons (Fsp3) is 0.500. The van der Waals surface area contributed by atoms with Crippen LogP contribution in [-0.4, -0.2) is 26.9 Å². The summed E-state index contributed by atoms with van der Waals surface area (Å²) in [4.78, 5) is 27.5. The molecule has 0 bridgehead atoms. The van der Waals surface area contributed by atoms with Crippen LogP contribution in [0, 0.1) is 6.92 Å². The van der Waals surface area contributed by atoms with Crippen LogP contribution < -0.4 is 5.32 Å². The molecule has 0 fully saturated rings. The van der Waals surface area contributed by atoms with Crippen molar-refractivity contribution in [3.05, 3.63) is 35.2 Å². The van der Waals surface area contributed by atoms with Crippen LogP contribution in [0.25, 0.3) is 11.4 Å². The number of aromatic nitrogens is 3. The summed E-state index contributed by atoms with van der Waals surface area (Å²) in [5.74, 6) is 0.00362. The highest BCUT2D eigenvalue weighted by molar-refractivity contribution is 5.91. The van der Waals surface area contributed by atoms with Gasteiger partial charge in [0.15, 0.2) is 0 Å². The summed E-state index contributed by atoms with van der Waals surface area (Å²) in [5, 5.41) is 11.7. The molecule has 0 saturated carbocycles. The number of carbonyl (C=O) groups excluding carboxylic acids is 2. The van der Waals surface area contributed by atoms with Gasteiger partial charge in [-0.3, -0.25) is 9.78 Å². The lowest BCUT2D eigenvalue weighted by Gasteiger charge is -2.18. The molecular formula is C22H28N4O2. The number of anilines is 1. The molecule has 0 aromatic carbocycles. The average Bonchev–Trinajstić information content (AvgIpc) is 2.63. The van der Waals surface area contributed by atoms with Gasteiger partial charge in [-0.1, -0.05) is 12.8 Å². The van der Waals surface area contributed by atoms with Crippen molar-refractivity contribution in [2.24, 2.45) is 0 Å². The van der Waals surface area contributed by atoms with Crippen molar-refractivity contribution < 1.29 is 9.59 Å². The van der Waals surface area contributed by atoms with E-state index < -0.39 is 0 Å². The molecule has 2 aromatic heterocycles. The summed E-state index contributed by atoms with van der Waals surface area (Å²) in [7, 11) is 0. The van der Waals surface area contributed by atoms with E-state index in [9.17, 15) is 9.59 Å². The van der Waals surface area contributed by atoms with Gasteiger partial charge in [0, 0.05) is 12.8 Å². The molecule has 0 unspecified atom stereocenters. The Hall–Kier alpha value is -2.63. The smallest absolute Gasteiger partial charge is 0.224 e. The number of pyridine rings is 1. The fourth-order valence-electron chi connectivity index (χ4n) is 3.70. The molecule has 6 nitrogen and oxygen atoms in total. The summed E-state index contributed by atoms with van der Waals surface area (Å²) in [5.41, 5.74) is 5.94. The Kier molecular flexibility index (Phi) is 6.85. The lowest BCUT2D eigenvalue weighted by molar-refractivity contribution is -0.117. The van der Waals surface area contributed by atoms with Gasteiger partial charge < -0.3 is 10.1 Å². The third-order valence-corrected chi connectivity index (χ3v) is 5.21. The number of ketones is 1. The van der Waals surface area contributed by atoms with E-state index in [1.54, 1.807) is 6.20 Å². The number of amides is 1. The second-order valence-corrected chi connectivity index (χ2v) is 7.54. The lowest BCUT2D eigenvalue weighted by Crippen LogP contribution is -2.12. The predicted molar refractivity (Wildman–Crippen MR) is 109 cm³/mol. The first-order valence-corrected chi connectivity index (χ1v) is 10.2. The van der Waals surface area contributed by atoms with E-state index in [2.05, 4.69) is 20.5 Å². The van der Waals surface area contributed by atoms with Crippen LogP contribution in [0.2, 0.25) is 0 Å². The van der Waals surface area contributed by atoms with E-state index in [0.29, 0.717) is 24.9 Å². The number of rotatable bonds is 6. The van der Waals surface area contributed by atoms with Crippen molar-refractivity contribution in [3.63, 3.8) is 0 Å². The van der Waals surface area contributed by atoms with Gasteiger partial charge in [0.05, 0.1) is 23.3 Å². The maximum absolute atomic E-state index is 12.0. The highest BCUT2D eigenvalue weighted by Crippen LogP contribution is 2.29. The number of hydrogen-bond acceptors (Lipinski definition) is 5. The number of nitrogens with zero attached hydrogens (tertiary/aromatic N) is 3. The average molecular weight is 380 g/mol. The topological polar surface area (TPSA) is 84.8 Å². The monoisotopic (exact) mass is 380 g/mol. The van der Waals surface area contributed by atoms with Crippen molar-refractivity contribution >= 4 is 17.4 Å². The first-order chi connectivity index (χ1) is 13.5. The zero-order chi connectivity index (χ0) is 19.9. The van der Waals surface area contributed by atoms with E-state index in [-0.39, 0.29) is 11.7 Å². The maximum Gasteiger partial charge on any atom is 0.224 e.